The number of rotatable bonds is 4. The van der Waals surface area contributed by atoms with Crippen molar-refractivity contribution in [2.75, 3.05) is 32.8 Å². The Labute approximate surface area is 145 Å². The van der Waals surface area contributed by atoms with Gasteiger partial charge in [-0.25, -0.2) is 4.79 Å². The smallest absolute Gasteiger partial charge is 0.410 e. The van der Waals surface area contributed by atoms with E-state index in [1.54, 1.807) is 4.90 Å². The molecule has 0 bridgehead atoms. The van der Waals surface area contributed by atoms with Crippen molar-refractivity contribution in [3.63, 3.8) is 0 Å². The van der Waals surface area contributed by atoms with Crippen molar-refractivity contribution in [1.29, 1.82) is 0 Å². The summed E-state index contributed by atoms with van der Waals surface area (Å²) in [4.78, 5) is 29.0. The third kappa shape index (κ3) is 5.10. The lowest BCUT2D eigenvalue weighted by Gasteiger charge is -2.38. The molecule has 2 amide bonds. The molecule has 0 aliphatic carbocycles. The first kappa shape index (κ1) is 19.0. The number of hydrogen-bond donors (Lipinski definition) is 0. The van der Waals surface area contributed by atoms with Crippen molar-refractivity contribution >= 4 is 12.0 Å². The van der Waals surface area contributed by atoms with Crippen molar-refractivity contribution in [2.45, 2.75) is 65.0 Å². The molecule has 6 heteroatoms. The fraction of sp³-hybridized carbons (Fsp3) is 0.889. The monoisotopic (exact) mass is 340 g/mol. The van der Waals surface area contributed by atoms with E-state index < -0.39 is 11.6 Å². The maximum atomic E-state index is 13.0. The predicted octanol–water partition coefficient (Wildman–Crippen LogP) is 2.66. The molecule has 0 N–H and O–H groups in total. The highest BCUT2D eigenvalue weighted by molar-refractivity contribution is 5.86. The van der Waals surface area contributed by atoms with Gasteiger partial charge in [0.15, 0.2) is 0 Å². The molecule has 2 atom stereocenters. The van der Waals surface area contributed by atoms with Gasteiger partial charge in [-0.2, -0.15) is 0 Å². The number of likely N-dealkylation sites (tertiary alicyclic amines) is 1. The van der Waals surface area contributed by atoms with Crippen LogP contribution in [0.3, 0.4) is 0 Å². The van der Waals surface area contributed by atoms with Gasteiger partial charge in [-0.3, -0.25) is 9.69 Å². The zero-order valence-corrected chi connectivity index (χ0v) is 15.5. The summed E-state index contributed by atoms with van der Waals surface area (Å²) in [6.45, 7) is 11.0. The highest BCUT2D eigenvalue weighted by atomic mass is 16.6. The summed E-state index contributed by atoms with van der Waals surface area (Å²) in [7, 11) is 0. The SMILES string of the molecule is CCN(C[C@@H]1CCOC1)C(=O)[C@H]1CCCCN1C(=O)OC(C)(C)C. The summed E-state index contributed by atoms with van der Waals surface area (Å²) in [5.41, 5.74) is -0.548. The lowest BCUT2D eigenvalue weighted by Crippen LogP contribution is -2.54. The maximum Gasteiger partial charge on any atom is 0.410 e. The lowest BCUT2D eigenvalue weighted by molar-refractivity contribution is -0.138. The molecule has 138 valence electrons. The molecule has 0 radical (unpaired) electrons. The van der Waals surface area contributed by atoms with E-state index in [2.05, 4.69) is 0 Å². The largest absolute Gasteiger partial charge is 0.444 e. The molecule has 2 rings (SSSR count). The molecular weight excluding hydrogens is 308 g/mol. The third-order valence-electron chi connectivity index (χ3n) is 4.61. The van der Waals surface area contributed by atoms with E-state index in [4.69, 9.17) is 9.47 Å². The van der Waals surface area contributed by atoms with Crippen LogP contribution in [0.4, 0.5) is 4.79 Å². The Balaban J connectivity index is 2.03. The van der Waals surface area contributed by atoms with Gasteiger partial charge in [0.2, 0.25) is 5.91 Å². The van der Waals surface area contributed by atoms with Crippen LogP contribution in [0.2, 0.25) is 0 Å². The second-order valence-corrected chi connectivity index (χ2v) is 7.79. The molecule has 24 heavy (non-hydrogen) atoms. The van der Waals surface area contributed by atoms with Gasteiger partial charge in [0.1, 0.15) is 11.6 Å². The van der Waals surface area contributed by atoms with Crippen molar-refractivity contribution in [3.8, 4) is 0 Å². The van der Waals surface area contributed by atoms with E-state index in [1.807, 2.05) is 32.6 Å². The average molecular weight is 340 g/mol. The third-order valence-corrected chi connectivity index (χ3v) is 4.61. The Morgan fingerprint density at radius 1 is 1.25 bits per heavy atom. The van der Waals surface area contributed by atoms with E-state index in [-0.39, 0.29) is 12.0 Å². The summed E-state index contributed by atoms with van der Waals surface area (Å²) in [6.07, 6.45) is 3.24. The number of nitrogens with zero attached hydrogens (tertiary/aromatic N) is 2. The number of likely N-dealkylation sites (N-methyl/N-ethyl adjacent to an activating group) is 1. The topological polar surface area (TPSA) is 59.1 Å². The Kier molecular flexibility index (Phi) is 6.49. The van der Waals surface area contributed by atoms with Crippen LogP contribution in [0.15, 0.2) is 0 Å². The fourth-order valence-corrected chi connectivity index (χ4v) is 3.35. The van der Waals surface area contributed by atoms with Gasteiger partial charge < -0.3 is 14.4 Å². The second-order valence-electron chi connectivity index (χ2n) is 7.79. The molecule has 2 heterocycles. The van der Waals surface area contributed by atoms with E-state index in [9.17, 15) is 9.59 Å². The maximum absolute atomic E-state index is 13.0. The summed E-state index contributed by atoms with van der Waals surface area (Å²) in [6, 6.07) is -0.393. The van der Waals surface area contributed by atoms with Crippen LogP contribution >= 0.6 is 0 Å². The number of carbonyl (C=O) groups excluding carboxylic acids is 2. The summed E-state index contributed by atoms with van der Waals surface area (Å²) in [5.74, 6) is 0.461. The molecule has 2 fully saturated rings. The molecule has 2 saturated heterocycles. The van der Waals surface area contributed by atoms with Gasteiger partial charge >= 0.3 is 6.09 Å². The molecule has 6 nitrogen and oxygen atoms in total. The quantitative estimate of drug-likeness (QED) is 0.789. The van der Waals surface area contributed by atoms with Gasteiger partial charge in [-0.15, -0.1) is 0 Å². The Bertz CT molecular complexity index is 441. The highest BCUT2D eigenvalue weighted by Gasteiger charge is 2.37. The van der Waals surface area contributed by atoms with Crippen LogP contribution in [0, 0.1) is 5.92 Å². The Hall–Kier alpha value is -1.30. The zero-order valence-electron chi connectivity index (χ0n) is 15.5. The van der Waals surface area contributed by atoms with Crippen LogP contribution in [0.5, 0.6) is 0 Å². The summed E-state index contributed by atoms with van der Waals surface area (Å²) < 4.78 is 10.9. The molecule has 2 aliphatic rings. The lowest BCUT2D eigenvalue weighted by atomic mass is 10.0. The Morgan fingerprint density at radius 2 is 2.00 bits per heavy atom. The molecule has 0 spiro atoms. The summed E-state index contributed by atoms with van der Waals surface area (Å²) >= 11 is 0. The van der Waals surface area contributed by atoms with Crippen LogP contribution in [0.25, 0.3) is 0 Å². The zero-order chi connectivity index (χ0) is 17.7. The minimum atomic E-state index is -0.548. The van der Waals surface area contributed by atoms with E-state index in [1.165, 1.54) is 0 Å². The number of hydrogen-bond acceptors (Lipinski definition) is 4. The van der Waals surface area contributed by atoms with Gasteiger partial charge in [0.05, 0.1) is 6.61 Å². The molecular formula is C18H32N2O4. The first-order valence-electron chi connectivity index (χ1n) is 9.18. The molecule has 0 aromatic heterocycles. The normalized spacial score (nSPS) is 24.8. The van der Waals surface area contributed by atoms with E-state index in [0.717, 1.165) is 38.9 Å². The number of carbonyl (C=O) groups is 2. The molecule has 0 aromatic carbocycles. The van der Waals surface area contributed by atoms with Gasteiger partial charge in [-0.05, 0) is 53.4 Å². The number of piperidine rings is 1. The standard InChI is InChI=1S/C18H32N2O4/c1-5-19(12-14-9-11-23-13-14)16(21)15-8-6-7-10-20(15)17(22)24-18(2,3)4/h14-15H,5-13H2,1-4H3/t14-,15+/m0/s1. The molecule has 0 saturated carbocycles. The van der Waals surface area contributed by atoms with Crippen LogP contribution < -0.4 is 0 Å². The van der Waals surface area contributed by atoms with Crippen molar-refractivity contribution in [2.24, 2.45) is 5.92 Å². The number of ether oxygens (including phenoxy) is 2. The minimum absolute atomic E-state index is 0.0509. The van der Waals surface area contributed by atoms with Crippen LogP contribution in [-0.4, -0.2) is 66.3 Å². The predicted molar refractivity (Wildman–Crippen MR) is 91.8 cm³/mol. The van der Waals surface area contributed by atoms with Crippen LogP contribution in [0.1, 0.15) is 53.4 Å². The first-order chi connectivity index (χ1) is 11.3. The molecule has 0 aromatic rings. The van der Waals surface area contributed by atoms with E-state index >= 15 is 0 Å². The van der Waals surface area contributed by atoms with Gasteiger partial charge in [-0.1, -0.05) is 0 Å². The van der Waals surface area contributed by atoms with Gasteiger partial charge in [0.25, 0.3) is 0 Å². The van der Waals surface area contributed by atoms with Crippen molar-refractivity contribution < 1.29 is 19.1 Å². The van der Waals surface area contributed by atoms with Crippen molar-refractivity contribution in [3.05, 3.63) is 0 Å². The van der Waals surface area contributed by atoms with E-state index in [0.29, 0.717) is 25.6 Å². The minimum Gasteiger partial charge on any atom is -0.444 e. The average Bonchev–Trinajstić information content (AvgIpc) is 3.03. The Morgan fingerprint density at radius 3 is 2.58 bits per heavy atom. The second kappa shape index (κ2) is 8.19. The number of amides is 2. The van der Waals surface area contributed by atoms with Crippen molar-refractivity contribution in [1.82, 2.24) is 9.80 Å². The fourth-order valence-electron chi connectivity index (χ4n) is 3.35. The first-order valence-corrected chi connectivity index (χ1v) is 9.18. The summed E-state index contributed by atoms with van der Waals surface area (Å²) in [5, 5.41) is 0. The van der Waals surface area contributed by atoms with Gasteiger partial charge in [0, 0.05) is 32.2 Å². The molecule has 2 aliphatic heterocycles. The molecule has 0 unspecified atom stereocenters. The highest BCUT2D eigenvalue weighted by Crippen LogP contribution is 2.23. The van der Waals surface area contributed by atoms with Crippen LogP contribution in [-0.2, 0) is 14.3 Å².